The summed E-state index contributed by atoms with van der Waals surface area (Å²) in [5.41, 5.74) is 0. The fraction of sp³-hybridized carbons (Fsp3) is 0.188. The lowest BCUT2D eigenvalue weighted by molar-refractivity contribution is -0.146. The average molecular weight is 351 g/mol. The van der Waals surface area contributed by atoms with Crippen molar-refractivity contribution >= 4 is 21.9 Å². The molecule has 0 aliphatic rings. The molecule has 0 spiro atoms. The van der Waals surface area contributed by atoms with Crippen LogP contribution in [0.3, 0.4) is 0 Å². The molecule has 2 aromatic carbocycles. The Labute approximate surface area is 131 Å². The monoisotopic (exact) mass is 350 g/mol. The lowest BCUT2D eigenvalue weighted by Gasteiger charge is -2.08. The van der Waals surface area contributed by atoms with Crippen LogP contribution in [0.15, 0.2) is 59.1 Å². The van der Waals surface area contributed by atoms with Crippen LogP contribution in [0.5, 0.6) is 11.5 Å². The van der Waals surface area contributed by atoms with Gasteiger partial charge < -0.3 is 14.2 Å². The maximum absolute atomic E-state index is 11.5. The molecule has 0 bridgehead atoms. The van der Waals surface area contributed by atoms with Gasteiger partial charge in [0.1, 0.15) is 24.7 Å². The van der Waals surface area contributed by atoms with Crippen LogP contribution in [0, 0.1) is 0 Å². The molecular formula is C16H15BrO4. The van der Waals surface area contributed by atoms with Crippen LogP contribution in [0.25, 0.3) is 0 Å². The number of hydrogen-bond acceptors (Lipinski definition) is 4. The van der Waals surface area contributed by atoms with Crippen molar-refractivity contribution in [2.24, 2.45) is 0 Å². The van der Waals surface area contributed by atoms with Crippen molar-refractivity contribution in [3.05, 3.63) is 59.1 Å². The van der Waals surface area contributed by atoms with Gasteiger partial charge in [-0.2, -0.15) is 0 Å². The highest BCUT2D eigenvalue weighted by molar-refractivity contribution is 9.10. The van der Waals surface area contributed by atoms with Gasteiger partial charge in [-0.15, -0.1) is 0 Å². The van der Waals surface area contributed by atoms with E-state index in [9.17, 15) is 4.79 Å². The summed E-state index contributed by atoms with van der Waals surface area (Å²) in [6.07, 6.45) is 0. The fourth-order valence-corrected chi connectivity index (χ4v) is 1.95. The molecule has 0 saturated heterocycles. The molecule has 2 rings (SSSR count). The van der Waals surface area contributed by atoms with Crippen molar-refractivity contribution in [1.82, 2.24) is 0 Å². The van der Waals surface area contributed by atoms with E-state index in [-0.39, 0.29) is 13.2 Å². The number of carbonyl (C=O) groups is 1. The zero-order valence-electron chi connectivity index (χ0n) is 11.3. The van der Waals surface area contributed by atoms with Crippen LogP contribution in [-0.2, 0) is 9.53 Å². The van der Waals surface area contributed by atoms with E-state index in [0.717, 1.165) is 10.2 Å². The molecule has 0 aromatic heterocycles. The normalized spacial score (nSPS) is 9.95. The van der Waals surface area contributed by atoms with E-state index in [1.54, 1.807) is 12.1 Å². The molecule has 0 radical (unpaired) electrons. The summed E-state index contributed by atoms with van der Waals surface area (Å²) in [5, 5.41) is 0. The minimum atomic E-state index is -0.420. The molecule has 2 aromatic rings. The van der Waals surface area contributed by atoms with Crippen molar-refractivity contribution in [2.45, 2.75) is 0 Å². The fourth-order valence-electron chi connectivity index (χ4n) is 1.57. The van der Waals surface area contributed by atoms with Crippen LogP contribution < -0.4 is 9.47 Å². The summed E-state index contributed by atoms with van der Waals surface area (Å²) in [6, 6.07) is 16.6. The predicted octanol–water partition coefficient (Wildman–Crippen LogP) is 3.45. The van der Waals surface area contributed by atoms with Gasteiger partial charge in [-0.3, -0.25) is 0 Å². The number of benzene rings is 2. The molecule has 0 heterocycles. The van der Waals surface area contributed by atoms with E-state index >= 15 is 0 Å². The van der Waals surface area contributed by atoms with Gasteiger partial charge in [0.05, 0.1) is 0 Å². The molecule has 0 saturated carbocycles. The molecule has 21 heavy (non-hydrogen) atoms. The second-order valence-corrected chi connectivity index (χ2v) is 5.04. The van der Waals surface area contributed by atoms with Gasteiger partial charge in [0.15, 0.2) is 6.61 Å². The van der Waals surface area contributed by atoms with E-state index in [0.29, 0.717) is 12.4 Å². The highest BCUT2D eigenvalue weighted by atomic mass is 79.9. The van der Waals surface area contributed by atoms with Gasteiger partial charge in [-0.1, -0.05) is 40.2 Å². The van der Waals surface area contributed by atoms with Crippen LogP contribution >= 0.6 is 15.9 Å². The minimum absolute atomic E-state index is 0.110. The molecular weight excluding hydrogens is 336 g/mol. The van der Waals surface area contributed by atoms with E-state index in [4.69, 9.17) is 14.2 Å². The first-order valence-corrected chi connectivity index (χ1v) is 7.25. The predicted molar refractivity (Wildman–Crippen MR) is 82.5 cm³/mol. The SMILES string of the molecule is O=C(COc1ccccc1)OCCOc1cccc(Br)c1. The van der Waals surface area contributed by atoms with Crippen molar-refractivity contribution in [3.63, 3.8) is 0 Å². The smallest absolute Gasteiger partial charge is 0.344 e. The highest BCUT2D eigenvalue weighted by Crippen LogP contribution is 2.17. The molecule has 110 valence electrons. The Morgan fingerprint density at radius 1 is 0.905 bits per heavy atom. The Bertz CT molecular complexity index is 571. The number of hydrogen-bond donors (Lipinski definition) is 0. The summed E-state index contributed by atoms with van der Waals surface area (Å²) < 4.78 is 16.7. The third-order valence-electron chi connectivity index (χ3n) is 2.51. The maximum Gasteiger partial charge on any atom is 0.344 e. The lowest BCUT2D eigenvalue weighted by atomic mass is 10.3. The van der Waals surface area contributed by atoms with E-state index < -0.39 is 5.97 Å². The van der Waals surface area contributed by atoms with Crippen LogP contribution in [0.4, 0.5) is 0 Å². The standard InChI is InChI=1S/C16H15BrO4/c17-13-5-4-8-15(11-13)19-9-10-20-16(18)12-21-14-6-2-1-3-7-14/h1-8,11H,9-10,12H2. The lowest BCUT2D eigenvalue weighted by Crippen LogP contribution is -2.18. The zero-order valence-corrected chi connectivity index (χ0v) is 12.9. The summed E-state index contributed by atoms with van der Waals surface area (Å²) >= 11 is 3.36. The Morgan fingerprint density at radius 3 is 2.43 bits per heavy atom. The van der Waals surface area contributed by atoms with Crippen molar-refractivity contribution in [3.8, 4) is 11.5 Å². The first-order chi connectivity index (χ1) is 10.2. The zero-order chi connectivity index (χ0) is 14.9. The average Bonchev–Trinajstić information content (AvgIpc) is 2.51. The molecule has 0 aliphatic carbocycles. The Hall–Kier alpha value is -2.01. The highest BCUT2D eigenvalue weighted by Gasteiger charge is 2.04. The summed E-state index contributed by atoms with van der Waals surface area (Å²) in [7, 11) is 0. The first-order valence-electron chi connectivity index (χ1n) is 6.46. The summed E-state index contributed by atoms with van der Waals surface area (Å²) in [4.78, 5) is 11.5. The van der Waals surface area contributed by atoms with Gasteiger partial charge in [0.25, 0.3) is 0 Å². The number of carbonyl (C=O) groups excluding carboxylic acids is 1. The molecule has 5 heteroatoms. The number of rotatable bonds is 7. The maximum atomic E-state index is 11.5. The Balaban J connectivity index is 1.61. The van der Waals surface area contributed by atoms with Crippen LogP contribution in [-0.4, -0.2) is 25.8 Å². The molecule has 4 nitrogen and oxygen atoms in total. The van der Waals surface area contributed by atoms with Gasteiger partial charge in [0.2, 0.25) is 0 Å². The summed E-state index contributed by atoms with van der Waals surface area (Å²) in [5.74, 6) is 0.942. The number of para-hydroxylation sites is 1. The van der Waals surface area contributed by atoms with E-state index in [1.165, 1.54) is 0 Å². The molecule has 0 N–H and O–H groups in total. The second kappa shape index (κ2) is 8.32. The van der Waals surface area contributed by atoms with E-state index in [2.05, 4.69) is 15.9 Å². The van der Waals surface area contributed by atoms with Gasteiger partial charge in [-0.25, -0.2) is 4.79 Å². The second-order valence-electron chi connectivity index (χ2n) is 4.13. The molecule has 0 atom stereocenters. The van der Waals surface area contributed by atoms with Gasteiger partial charge in [-0.05, 0) is 30.3 Å². The topological polar surface area (TPSA) is 44.8 Å². The van der Waals surface area contributed by atoms with Crippen molar-refractivity contribution in [2.75, 3.05) is 19.8 Å². The largest absolute Gasteiger partial charge is 0.490 e. The van der Waals surface area contributed by atoms with Crippen LogP contribution in [0.1, 0.15) is 0 Å². The number of esters is 1. The molecule has 0 unspecified atom stereocenters. The Kier molecular flexibility index (Phi) is 6.09. The number of halogens is 1. The third-order valence-corrected chi connectivity index (χ3v) is 3.00. The summed E-state index contributed by atoms with van der Waals surface area (Å²) in [6.45, 7) is 0.373. The van der Waals surface area contributed by atoms with Crippen LogP contribution in [0.2, 0.25) is 0 Å². The number of ether oxygens (including phenoxy) is 3. The first kappa shape index (κ1) is 15.4. The quantitative estimate of drug-likeness (QED) is 0.566. The van der Waals surface area contributed by atoms with E-state index in [1.807, 2.05) is 42.5 Å². The van der Waals surface area contributed by atoms with Crippen molar-refractivity contribution < 1.29 is 19.0 Å². The van der Waals surface area contributed by atoms with Crippen molar-refractivity contribution in [1.29, 1.82) is 0 Å². The Morgan fingerprint density at radius 2 is 1.67 bits per heavy atom. The third kappa shape index (κ3) is 5.87. The molecule has 0 fully saturated rings. The van der Waals surface area contributed by atoms with Gasteiger partial charge in [0, 0.05) is 4.47 Å². The molecule has 0 aliphatic heterocycles. The van der Waals surface area contributed by atoms with Gasteiger partial charge >= 0.3 is 5.97 Å². The minimum Gasteiger partial charge on any atom is -0.490 e. The molecule has 0 amide bonds.